The molecule has 5 nitrogen and oxygen atoms in total. The SMILES string of the molecule is O=C1O[C@@H](CN(Cc2ccc3c(c2)OCCO3)C2CCCC2)CC12CC2. The molecule has 2 aliphatic heterocycles. The summed E-state index contributed by atoms with van der Waals surface area (Å²) in [5, 5.41) is 0. The first kappa shape index (κ1) is 16.4. The molecule has 0 radical (unpaired) electrons. The lowest BCUT2D eigenvalue weighted by Crippen LogP contribution is -2.38. The Morgan fingerprint density at radius 3 is 2.58 bits per heavy atom. The molecule has 140 valence electrons. The van der Waals surface area contributed by atoms with Crippen molar-refractivity contribution in [3.63, 3.8) is 0 Å². The number of fused-ring (bicyclic) bond motifs is 1. The Kier molecular flexibility index (Phi) is 4.07. The van der Waals surface area contributed by atoms with Crippen molar-refractivity contribution in [3.8, 4) is 11.5 Å². The van der Waals surface area contributed by atoms with Gasteiger partial charge in [-0.15, -0.1) is 0 Å². The van der Waals surface area contributed by atoms with Crippen LogP contribution in [0.25, 0.3) is 0 Å². The molecule has 26 heavy (non-hydrogen) atoms. The zero-order chi connectivity index (χ0) is 17.6. The van der Waals surface area contributed by atoms with Gasteiger partial charge >= 0.3 is 5.97 Å². The van der Waals surface area contributed by atoms with E-state index in [9.17, 15) is 4.79 Å². The van der Waals surface area contributed by atoms with Gasteiger partial charge in [0.15, 0.2) is 11.5 Å². The van der Waals surface area contributed by atoms with Crippen molar-refractivity contribution >= 4 is 5.97 Å². The van der Waals surface area contributed by atoms with Gasteiger partial charge in [0, 0.05) is 25.6 Å². The van der Waals surface area contributed by atoms with E-state index in [0.29, 0.717) is 19.3 Å². The fourth-order valence-corrected chi connectivity index (χ4v) is 4.79. The standard InChI is InChI=1S/C21H27NO4/c23-20-21(7-8-21)12-17(26-20)14-22(16-3-1-2-4-16)13-15-5-6-18-19(11-15)25-10-9-24-18/h5-6,11,16-17H,1-4,7-10,12-14H2/t17-/m1/s1. The van der Waals surface area contributed by atoms with E-state index in [2.05, 4.69) is 17.0 Å². The molecule has 1 aromatic carbocycles. The van der Waals surface area contributed by atoms with Crippen LogP contribution in [-0.2, 0) is 16.1 Å². The minimum Gasteiger partial charge on any atom is -0.486 e. The molecule has 1 saturated heterocycles. The second-order valence-corrected chi connectivity index (χ2v) is 8.36. The predicted octanol–water partition coefficient (Wildman–Crippen LogP) is 3.30. The van der Waals surface area contributed by atoms with Crippen molar-refractivity contribution in [1.82, 2.24) is 4.90 Å². The molecule has 0 amide bonds. The van der Waals surface area contributed by atoms with Crippen LogP contribution >= 0.6 is 0 Å². The number of nitrogens with zero attached hydrogens (tertiary/aromatic N) is 1. The summed E-state index contributed by atoms with van der Waals surface area (Å²) in [4.78, 5) is 14.7. The van der Waals surface area contributed by atoms with E-state index in [4.69, 9.17) is 14.2 Å². The van der Waals surface area contributed by atoms with Crippen LogP contribution in [0.3, 0.4) is 0 Å². The third-order valence-electron chi connectivity index (χ3n) is 6.45. The van der Waals surface area contributed by atoms with E-state index >= 15 is 0 Å². The van der Waals surface area contributed by atoms with Crippen LogP contribution in [-0.4, -0.2) is 42.8 Å². The number of carbonyl (C=O) groups is 1. The Hall–Kier alpha value is -1.75. The monoisotopic (exact) mass is 357 g/mol. The number of esters is 1. The van der Waals surface area contributed by atoms with Crippen LogP contribution in [0, 0.1) is 5.41 Å². The Morgan fingerprint density at radius 1 is 1.08 bits per heavy atom. The molecule has 0 N–H and O–H groups in total. The summed E-state index contributed by atoms with van der Waals surface area (Å²) in [6.07, 6.45) is 8.11. The van der Waals surface area contributed by atoms with E-state index in [1.807, 2.05) is 6.07 Å². The van der Waals surface area contributed by atoms with Gasteiger partial charge in [-0.25, -0.2) is 0 Å². The fraction of sp³-hybridized carbons (Fsp3) is 0.667. The molecule has 5 heteroatoms. The van der Waals surface area contributed by atoms with Gasteiger partial charge in [0.05, 0.1) is 5.41 Å². The highest BCUT2D eigenvalue weighted by Crippen LogP contribution is 2.55. The van der Waals surface area contributed by atoms with Crippen molar-refractivity contribution < 1.29 is 19.0 Å². The Morgan fingerprint density at radius 2 is 1.85 bits per heavy atom. The maximum atomic E-state index is 12.1. The van der Waals surface area contributed by atoms with Gasteiger partial charge in [-0.3, -0.25) is 9.69 Å². The van der Waals surface area contributed by atoms with Crippen LogP contribution in [0.4, 0.5) is 0 Å². The lowest BCUT2D eigenvalue weighted by molar-refractivity contribution is -0.146. The third kappa shape index (κ3) is 3.07. The summed E-state index contributed by atoms with van der Waals surface area (Å²) in [5.74, 6) is 1.74. The highest BCUT2D eigenvalue weighted by molar-refractivity contribution is 5.82. The molecule has 2 aliphatic carbocycles. The quantitative estimate of drug-likeness (QED) is 0.757. The molecule has 3 fully saturated rings. The van der Waals surface area contributed by atoms with Gasteiger partial charge in [-0.2, -0.15) is 0 Å². The number of benzene rings is 1. The minimum atomic E-state index is -0.108. The highest BCUT2D eigenvalue weighted by atomic mass is 16.6. The van der Waals surface area contributed by atoms with E-state index in [-0.39, 0.29) is 17.5 Å². The van der Waals surface area contributed by atoms with E-state index in [1.54, 1.807) is 0 Å². The number of cyclic esters (lactones) is 1. The van der Waals surface area contributed by atoms with Crippen molar-refractivity contribution in [2.75, 3.05) is 19.8 Å². The predicted molar refractivity (Wildman–Crippen MR) is 96.3 cm³/mol. The second-order valence-electron chi connectivity index (χ2n) is 8.36. The molecule has 0 aromatic heterocycles. The van der Waals surface area contributed by atoms with Crippen LogP contribution in [0.5, 0.6) is 11.5 Å². The van der Waals surface area contributed by atoms with E-state index < -0.39 is 0 Å². The summed E-state index contributed by atoms with van der Waals surface area (Å²) < 4.78 is 17.1. The fourth-order valence-electron chi connectivity index (χ4n) is 4.79. The number of hydrogen-bond acceptors (Lipinski definition) is 5. The molecule has 4 aliphatic rings. The Labute approximate surface area is 154 Å². The minimum absolute atomic E-state index is 0.0493. The first-order valence-corrected chi connectivity index (χ1v) is 10.1. The topological polar surface area (TPSA) is 48.0 Å². The van der Waals surface area contributed by atoms with Crippen molar-refractivity contribution in [2.24, 2.45) is 5.41 Å². The molecule has 1 aromatic rings. The van der Waals surface area contributed by atoms with Crippen LogP contribution in [0.2, 0.25) is 0 Å². The summed E-state index contributed by atoms with van der Waals surface area (Å²) in [7, 11) is 0. The lowest BCUT2D eigenvalue weighted by Gasteiger charge is -2.31. The van der Waals surface area contributed by atoms with Gasteiger partial charge in [-0.05, 0) is 43.4 Å². The highest BCUT2D eigenvalue weighted by Gasteiger charge is 2.57. The molecule has 0 unspecified atom stereocenters. The summed E-state index contributed by atoms with van der Waals surface area (Å²) in [5.41, 5.74) is 1.13. The van der Waals surface area contributed by atoms with Gasteiger partial charge in [0.2, 0.25) is 0 Å². The zero-order valence-corrected chi connectivity index (χ0v) is 15.2. The normalized spacial score (nSPS) is 26.5. The summed E-state index contributed by atoms with van der Waals surface area (Å²) in [6, 6.07) is 6.86. The molecule has 2 saturated carbocycles. The largest absolute Gasteiger partial charge is 0.486 e. The zero-order valence-electron chi connectivity index (χ0n) is 15.2. The Balaban J connectivity index is 1.31. The second kappa shape index (κ2) is 6.45. The van der Waals surface area contributed by atoms with Gasteiger partial charge in [0.25, 0.3) is 0 Å². The molecular formula is C21H27NO4. The van der Waals surface area contributed by atoms with E-state index in [1.165, 1.54) is 31.2 Å². The van der Waals surface area contributed by atoms with Gasteiger partial charge in [0.1, 0.15) is 19.3 Å². The smallest absolute Gasteiger partial charge is 0.312 e. The average Bonchev–Trinajstić information content (AvgIpc) is 3.10. The number of rotatable bonds is 5. The number of hydrogen-bond donors (Lipinski definition) is 0. The van der Waals surface area contributed by atoms with Crippen molar-refractivity contribution in [3.05, 3.63) is 23.8 Å². The van der Waals surface area contributed by atoms with Crippen LogP contribution < -0.4 is 9.47 Å². The molecule has 0 bridgehead atoms. The molecule has 2 heterocycles. The number of ether oxygens (including phenoxy) is 3. The van der Waals surface area contributed by atoms with Crippen molar-refractivity contribution in [2.45, 2.75) is 63.6 Å². The molecular weight excluding hydrogens is 330 g/mol. The summed E-state index contributed by atoms with van der Waals surface area (Å²) in [6.45, 7) is 2.97. The molecule has 5 rings (SSSR count). The Bertz CT molecular complexity index is 693. The van der Waals surface area contributed by atoms with Gasteiger partial charge < -0.3 is 14.2 Å². The van der Waals surface area contributed by atoms with Gasteiger partial charge in [-0.1, -0.05) is 18.9 Å². The van der Waals surface area contributed by atoms with E-state index in [0.717, 1.165) is 43.9 Å². The van der Waals surface area contributed by atoms with Crippen LogP contribution in [0.15, 0.2) is 18.2 Å². The van der Waals surface area contributed by atoms with Crippen molar-refractivity contribution in [1.29, 1.82) is 0 Å². The van der Waals surface area contributed by atoms with Crippen LogP contribution in [0.1, 0.15) is 50.5 Å². The summed E-state index contributed by atoms with van der Waals surface area (Å²) >= 11 is 0. The first-order chi connectivity index (χ1) is 12.7. The average molecular weight is 357 g/mol. The maximum Gasteiger partial charge on any atom is 0.312 e. The molecule has 1 atom stereocenters. The lowest BCUT2D eigenvalue weighted by atomic mass is 10.0. The molecule has 1 spiro atoms. The maximum absolute atomic E-state index is 12.1. The first-order valence-electron chi connectivity index (χ1n) is 10.1. The third-order valence-corrected chi connectivity index (χ3v) is 6.45. The number of carbonyl (C=O) groups excluding carboxylic acids is 1.